The largest absolute Gasteiger partial charge is 0.465 e. The lowest BCUT2D eigenvalue weighted by Crippen LogP contribution is -2.14. The van der Waals surface area contributed by atoms with E-state index in [0.29, 0.717) is 11.3 Å². The molecule has 0 saturated carbocycles. The van der Waals surface area contributed by atoms with Gasteiger partial charge < -0.3 is 15.4 Å². The normalized spacial score (nSPS) is 10.2. The summed E-state index contributed by atoms with van der Waals surface area (Å²) < 4.78 is 4.68. The molecule has 1 aromatic heterocycles. The molecule has 0 atom stereocenters. The van der Waals surface area contributed by atoms with Crippen molar-refractivity contribution in [2.45, 2.75) is 13.8 Å². The molecule has 1 amide bonds. The first-order valence-electron chi connectivity index (χ1n) is 8.77. The Bertz CT molecular complexity index is 997. The Morgan fingerprint density at radius 1 is 0.929 bits per heavy atom. The SMILES string of the molecule is COC(=O)c1ccc(Nc2ccc(C(=O)Nc3cccc(C)c3C)nc2)cc1. The molecule has 142 valence electrons. The van der Waals surface area contributed by atoms with Crippen molar-refractivity contribution >= 4 is 28.9 Å². The van der Waals surface area contributed by atoms with Gasteiger partial charge in [0.05, 0.1) is 24.6 Å². The van der Waals surface area contributed by atoms with E-state index in [9.17, 15) is 9.59 Å². The molecule has 3 aromatic rings. The molecule has 0 unspecified atom stereocenters. The van der Waals surface area contributed by atoms with Gasteiger partial charge in [-0.2, -0.15) is 0 Å². The zero-order valence-corrected chi connectivity index (χ0v) is 15.9. The molecule has 6 heteroatoms. The van der Waals surface area contributed by atoms with Crippen LogP contribution in [0.2, 0.25) is 0 Å². The summed E-state index contributed by atoms with van der Waals surface area (Å²) in [6.07, 6.45) is 1.59. The lowest BCUT2D eigenvalue weighted by atomic mass is 10.1. The number of esters is 1. The minimum Gasteiger partial charge on any atom is -0.465 e. The Morgan fingerprint density at radius 3 is 2.29 bits per heavy atom. The number of rotatable bonds is 5. The third-order valence-corrected chi connectivity index (χ3v) is 4.44. The quantitative estimate of drug-likeness (QED) is 0.643. The van der Waals surface area contributed by atoms with Crippen LogP contribution in [-0.2, 0) is 4.74 Å². The third kappa shape index (κ3) is 4.35. The van der Waals surface area contributed by atoms with Crippen LogP contribution >= 0.6 is 0 Å². The second-order valence-corrected chi connectivity index (χ2v) is 6.33. The Kier molecular flexibility index (Phi) is 5.69. The highest BCUT2D eigenvalue weighted by atomic mass is 16.5. The van der Waals surface area contributed by atoms with E-state index in [1.165, 1.54) is 7.11 Å². The molecule has 2 aromatic carbocycles. The van der Waals surface area contributed by atoms with Crippen molar-refractivity contribution in [1.29, 1.82) is 0 Å². The monoisotopic (exact) mass is 375 g/mol. The van der Waals surface area contributed by atoms with Crippen LogP contribution in [-0.4, -0.2) is 24.0 Å². The Hall–Kier alpha value is -3.67. The molecular weight excluding hydrogens is 354 g/mol. The maximum atomic E-state index is 12.4. The zero-order chi connectivity index (χ0) is 20.1. The molecule has 3 rings (SSSR count). The van der Waals surface area contributed by atoms with E-state index >= 15 is 0 Å². The number of hydrogen-bond donors (Lipinski definition) is 2. The number of ether oxygens (including phenoxy) is 1. The Balaban J connectivity index is 1.67. The zero-order valence-electron chi connectivity index (χ0n) is 15.9. The van der Waals surface area contributed by atoms with E-state index in [0.717, 1.165) is 28.2 Å². The number of hydrogen-bond acceptors (Lipinski definition) is 5. The van der Waals surface area contributed by atoms with Crippen molar-refractivity contribution in [2.75, 3.05) is 17.7 Å². The number of pyridine rings is 1. The molecule has 0 bridgehead atoms. The van der Waals surface area contributed by atoms with Crippen LogP contribution in [0.1, 0.15) is 32.0 Å². The number of carbonyl (C=O) groups is 2. The van der Waals surface area contributed by atoms with Crippen LogP contribution < -0.4 is 10.6 Å². The number of carbonyl (C=O) groups excluding carboxylic acids is 2. The van der Waals surface area contributed by atoms with E-state index in [-0.39, 0.29) is 11.9 Å². The van der Waals surface area contributed by atoms with Crippen molar-refractivity contribution in [2.24, 2.45) is 0 Å². The molecule has 0 aliphatic heterocycles. The van der Waals surface area contributed by atoms with Crippen molar-refractivity contribution in [1.82, 2.24) is 4.98 Å². The number of amides is 1. The minimum absolute atomic E-state index is 0.261. The van der Waals surface area contributed by atoms with Gasteiger partial charge in [-0.25, -0.2) is 9.78 Å². The molecule has 0 aliphatic carbocycles. The van der Waals surface area contributed by atoms with Gasteiger partial charge in [0.2, 0.25) is 0 Å². The van der Waals surface area contributed by atoms with Gasteiger partial charge in [-0.3, -0.25) is 4.79 Å². The molecule has 6 nitrogen and oxygen atoms in total. The minimum atomic E-state index is -0.382. The van der Waals surface area contributed by atoms with Crippen molar-refractivity contribution < 1.29 is 14.3 Å². The molecule has 0 aliphatic rings. The first kappa shape index (κ1) is 19.1. The summed E-state index contributed by atoms with van der Waals surface area (Å²) in [4.78, 5) is 28.1. The molecule has 0 spiro atoms. The summed E-state index contributed by atoms with van der Waals surface area (Å²) in [6.45, 7) is 3.97. The molecule has 0 saturated heterocycles. The average molecular weight is 375 g/mol. The van der Waals surface area contributed by atoms with Gasteiger partial charge in [0, 0.05) is 11.4 Å². The number of methoxy groups -OCH3 is 1. The third-order valence-electron chi connectivity index (χ3n) is 4.44. The van der Waals surface area contributed by atoms with E-state index in [1.807, 2.05) is 32.0 Å². The van der Waals surface area contributed by atoms with Crippen molar-refractivity contribution in [3.8, 4) is 0 Å². The lowest BCUT2D eigenvalue weighted by Gasteiger charge is -2.11. The molecule has 28 heavy (non-hydrogen) atoms. The van der Waals surface area contributed by atoms with E-state index in [2.05, 4.69) is 20.4 Å². The summed E-state index contributed by atoms with van der Waals surface area (Å²) >= 11 is 0. The first-order valence-corrected chi connectivity index (χ1v) is 8.77. The van der Waals surface area contributed by atoms with Gasteiger partial charge in [0.1, 0.15) is 5.69 Å². The Morgan fingerprint density at radius 2 is 1.64 bits per heavy atom. The van der Waals surface area contributed by atoms with Gasteiger partial charge in [-0.1, -0.05) is 12.1 Å². The number of nitrogens with zero attached hydrogens (tertiary/aromatic N) is 1. The predicted octanol–water partition coefficient (Wildman–Crippen LogP) is 4.48. The second kappa shape index (κ2) is 8.35. The summed E-state index contributed by atoms with van der Waals surface area (Å²) in [6, 6.07) is 16.1. The fourth-order valence-corrected chi connectivity index (χ4v) is 2.65. The maximum absolute atomic E-state index is 12.4. The number of anilines is 3. The van der Waals surface area contributed by atoms with E-state index in [1.54, 1.807) is 42.6 Å². The van der Waals surface area contributed by atoms with Crippen LogP contribution in [0.3, 0.4) is 0 Å². The first-order chi connectivity index (χ1) is 13.5. The van der Waals surface area contributed by atoms with Crippen LogP contribution in [0.25, 0.3) is 0 Å². The number of benzene rings is 2. The van der Waals surface area contributed by atoms with Gasteiger partial charge in [0.25, 0.3) is 5.91 Å². The maximum Gasteiger partial charge on any atom is 0.337 e. The fraction of sp³-hybridized carbons (Fsp3) is 0.136. The van der Waals surface area contributed by atoms with Gasteiger partial charge in [0.15, 0.2) is 0 Å². The highest BCUT2D eigenvalue weighted by molar-refractivity contribution is 6.03. The van der Waals surface area contributed by atoms with Crippen LogP contribution in [0.4, 0.5) is 17.1 Å². The molecule has 1 heterocycles. The highest BCUT2D eigenvalue weighted by Crippen LogP contribution is 2.20. The van der Waals surface area contributed by atoms with Crippen LogP contribution in [0, 0.1) is 13.8 Å². The van der Waals surface area contributed by atoms with Gasteiger partial charge in [-0.15, -0.1) is 0 Å². The standard InChI is InChI=1S/C22H21N3O3/c1-14-5-4-6-19(15(14)2)25-21(26)20-12-11-18(13-23-20)24-17-9-7-16(8-10-17)22(27)28-3/h4-13,24H,1-3H3,(H,25,26). The smallest absolute Gasteiger partial charge is 0.337 e. The Labute approximate surface area is 163 Å². The van der Waals surface area contributed by atoms with E-state index < -0.39 is 0 Å². The van der Waals surface area contributed by atoms with Crippen LogP contribution in [0.5, 0.6) is 0 Å². The summed E-state index contributed by atoms with van der Waals surface area (Å²) in [5.74, 6) is -0.643. The number of aryl methyl sites for hydroxylation is 1. The summed E-state index contributed by atoms with van der Waals surface area (Å²) in [5.41, 5.74) is 5.25. The second-order valence-electron chi connectivity index (χ2n) is 6.33. The lowest BCUT2D eigenvalue weighted by molar-refractivity contribution is 0.0600. The van der Waals surface area contributed by atoms with Gasteiger partial charge in [-0.05, 0) is 67.4 Å². The van der Waals surface area contributed by atoms with Crippen LogP contribution in [0.15, 0.2) is 60.8 Å². The molecule has 2 N–H and O–H groups in total. The molecule has 0 fully saturated rings. The summed E-state index contributed by atoms with van der Waals surface area (Å²) in [7, 11) is 1.35. The fourth-order valence-electron chi connectivity index (χ4n) is 2.65. The van der Waals surface area contributed by atoms with Crippen molar-refractivity contribution in [3.63, 3.8) is 0 Å². The molecular formula is C22H21N3O3. The number of nitrogens with one attached hydrogen (secondary N) is 2. The average Bonchev–Trinajstić information content (AvgIpc) is 2.72. The summed E-state index contributed by atoms with van der Waals surface area (Å²) in [5, 5.41) is 6.07. The van der Waals surface area contributed by atoms with E-state index in [4.69, 9.17) is 0 Å². The topological polar surface area (TPSA) is 80.3 Å². The van der Waals surface area contributed by atoms with Crippen molar-refractivity contribution in [3.05, 3.63) is 83.2 Å². The molecule has 0 radical (unpaired) electrons. The number of aromatic nitrogens is 1. The highest BCUT2D eigenvalue weighted by Gasteiger charge is 2.10. The van der Waals surface area contributed by atoms with Gasteiger partial charge >= 0.3 is 5.97 Å². The predicted molar refractivity (Wildman–Crippen MR) is 109 cm³/mol.